The first-order chi connectivity index (χ1) is 5.99. The minimum atomic E-state index is 0.264. The molecule has 74 valence electrons. The number of allylic oxidation sites excluding steroid dienone is 2. The van der Waals surface area contributed by atoms with Crippen LogP contribution in [0.15, 0.2) is 27.5 Å². The minimum absolute atomic E-state index is 0.264. The molecule has 0 aliphatic carbocycles. The summed E-state index contributed by atoms with van der Waals surface area (Å²) >= 11 is 5.65. The van der Waals surface area contributed by atoms with Crippen molar-refractivity contribution >= 4 is 17.4 Å². The van der Waals surface area contributed by atoms with Crippen molar-refractivity contribution in [2.75, 3.05) is 0 Å². The molecule has 0 aromatic heterocycles. The number of halogens is 1. The van der Waals surface area contributed by atoms with Gasteiger partial charge in [-0.15, -0.1) is 0 Å². The molecule has 4 heteroatoms. The fourth-order valence-electron chi connectivity index (χ4n) is 0.517. The van der Waals surface area contributed by atoms with Crippen LogP contribution in [0.4, 0.5) is 0 Å². The van der Waals surface area contributed by atoms with E-state index in [-0.39, 0.29) is 5.84 Å². The Labute approximate surface area is 84.2 Å². The normalized spacial score (nSPS) is 15.7. The summed E-state index contributed by atoms with van der Waals surface area (Å²) in [5.74, 6) is 0.264. The van der Waals surface area contributed by atoms with E-state index in [1.807, 2.05) is 13.8 Å². The van der Waals surface area contributed by atoms with Gasteiger partial charge >= 0.3 is 0 Å². The molecule has 0 saturated heterocycles. The molecular weight excluding hydrogens is 186 g/mol. The van der Waals surface area contributed by atoms with E-state index in [0.29, 0.717) is 10.7 Å². The third-order valence-electron chi connectivity index (χ3n) is 1.63. The number of nitrogens with two attached hydrogens (primary N) is 2. The van der Waals surface area contributed by atoms with Crippen molar-refractivity contribution in [2.45, 2.75) is 27.2 Å². The lowest BCUT2D eigenvalue weighted by atomic mass is 10.3. The summed E-state index contributed by atoms with van der Waals surface area (Å²) in [4.78, 5) is 3.98. The number of hydrogen-bond acceptors (Lipinski definition) is 2. The Morgan fingerprint density at radius 3 is 2.31 bits per heavy atom. The number of hydrogen-bond donors (Lipinski definition) is 2. The van der Waals surface area contributed by atoms with E-state index in [2.05, 4.69) is 4.99 Å². The second kappa shape index (κ2) is 5.65. The van der Waals surface area contributed by atoms with Crippen molar-refractivity contribution in [1.29, 1.82) is 0 Å². The molecule has 0 aliphatic rings. The van der Waals surface area contributed by atoms with Gasteiger partial charge in [0.15, 0.2) is 0 Å². The van der Waals surface area contributed by atoms with Gasteiger partial charge in [-0.25, -0.2) is 4.99 Å². The van der Waals surface area contributed by atoms with Gasteiger partial charge in [0, 0.05) is 11.2 Å². The molecule has 0 aromatic rings. The van der Waals surface area contributed by atoms with Crippen LogP contribution in [0.25, 0.3) is 0 Å². The maximum Gasteiger partial charge on any atom is 0.147 e. The van der Waals surface area contributed by atoms with Crippen LogP contribution in [0.3, 0.4) is 0 Å². The number of nitrogens with zero attached hydrogens (tertiary/aromatic N) is 1. The monoisotopic (exact) mass is 201 g/mol. The van der Waals surface area contributed by atoms with Gasteiger partial charge in [0.2, 0.25) is 0 Å². The second-order valence-electron chi connectivity index (χ2n) is 2.79. The molecule has 0 aliphatic heterocycles. The molecule has 0 saturated carbocycles. The van der Waals surface area contributed by atoms with Crippen molar-refractivity contribution < 1.29 is 0 Å². The second-order valence-corrected chi connectivity index (χ2v) is 3.36. The Hall–Kier alpha value is -0.960. The van der Waals surface area contributed by atoms with Gasteiger partial charge < -0.3 is 11.5 Å². The highest BCUT2D eigenvalue weighted by Gasteiger charge is 1.98. The molecule has 0 spiro atoms. The van der Waals surface area contributed by atoms with Crippen molar-refractivity contribution in [3.8, 4) is 0 Å². The highest BCUT2D eigenvalue weighted by Crippen LogP contribution is 2.04. The molecular formula is C9H16ClN3. The Morgan fingerprint density at radius 1 is 1.38 bits per heavy atom. The van der Waals surface area contributed by atoms with Crippen LogP contribution in [-0.4, -0.2) is 5.84 Å². The van der Waals surface area contributed by atoms with E-state index in [0.717, 1.165) is 12.0 Å². The van der Waals surface area contributed by atoms with Gasteiger partial charge in [-0.05, 0) is 20.3 Å². The lowest BCUT2D eigenvalue weighted by Crippen LogP contribution is -2.21. The summed E-state index contributed by atoms with van der Waals surface area (Å²) in [7, 11) is 0. The Morgan fingerprint density at radius 2 is 1.92 bits per heavy atom. The standard InChI is InChI=1S/C9H16ClN3/c1-4-6(2)5-13-9(12)8(11)7(3)10/h5H,4,11H2,1-3H3,(H2,12,13)/b6-5+,8-7-. The topological polar surface area (TPSA) is 64.4 Å². The minimum Gasteiger partial charge on any atom is -0.395 e. The summed E-state index contributed by atoms with van der Waals surface area (Å²) in [5, 5.41) is 0.462. The summed E-state index contributed by atoms with van der Waals surface area (Å²) in [5.41, 5.74) is 12.6. The third kappa shape index (κ3) is 4.58. The third-order valence-corrected chi connectivity index (χ3v) is 1.83. The summed E-state index contributed by atoms with van der Waals surface area (Å²) < 4.78 is 0. The van der Waals surface area contributed by atoms with Crippen LogP contribution >= 0.6 is 11.6 Å². The van der Waals surface area contributed by atoms with E-state index in [1.54, 1.807) is 13.1 Å². The van der Waals surface area contributed by atoms with E-state index in [4.69, 9.17) is 23.1 Å². The molecule has 0 bridgehead atoms. The van der Waals surface area contributed by atoms with Crippen molar-refractivity contribution in [1.82, 2.24) is 0 Å². The van der Waals surface area contributed by atoms with Crippen LogP contribution in [-0.2, 0) is 0 Å². The molecule has 0 atom stereocenters. The van der Waals surface area contributed by atoms with Crippen LogP contribution < -0.4 is 11.5 Å². The Kier molecular flexibility index (Phi) is 5.23. The maximum atomic E-state index is 5.65. The lowest BCUT2D eigenvalue weighted by Gasteiger charge is -2.00. The maximum absolute atomic E-state index is 5.65. The average Bonchev–Trinajstić information content (AvgIpc) is 2.11. The number of amidine groups is 1. The van der Waals surface area contributed by atoms with Gasteiger partial charge in [0.25, 0.3) is 0 Å². The average molecular weight is 202 g/mol. The molecule has 0 heterocycles. The van der Waals surface area contributed by atoms with Crippen LogP contribution in [0.2, 0.25) is 0 Å². The molecule has 0 aromatic carbocycles. The molecule has 0 fully saturated rings. The van der Waals surface area contributed by atoms with Gasteiger partial charge in [-0.3, -0.25) is 0 Å². The zero-order chi connectivity index (χ0) is 10.4. The van der Waals surface area contributed by atoms with E-state index in [1.165, 1.54) is 0 Å². The predicted molar refractivity (Wildman–Crippen MR) is 58.4 cm³/mol. The van der Waals surface area contributed by atoms with Crippen molar-refractivity contribution in [3.63, 3.8) is 0 Å². The highest BCUT2D eigenvalue weighted by molar-refractivity contribution is 6.31. The molecule has 13 heavy (non-hydrogen) atoms. The molecule has 0 unspecified atom stereocenters. The SMILES string of the molecule is CC/C(C)=C/N=C(N)/C(N)=C(\C)Cl. The quantitative estimate of drug-likeness (QED) is 0.543. The van der Waals surface area contributed by atoms with Gasteiger partial charge in [-0.2, -0.15) is 0 Å². The van der Waals surface area contributed by atoms with Gasteiger partial charge in [-0.1, -0.05) is 24.1 Å². The van der Waals surface area contributed by atoms with E-state index in [9.17, 15) is 0 Å². The van der Waals surface area contributed by atoms with Gasteiger partial charge in [0.1, 0.15) is 5.84 Å². The number of rotatable bonds is 3. The summed E-state index contributed by atoms with van der Waals surface area (Å²) in [6.45, 7) is 5.70. The largest absolute Gasteiger partial charge is 0.395 e. The highest BCUT2D eigenvalue weighted by atomic mass is 35.5. The fraction of sp³-hybridized carbons (Fsp3) is 0.444. The van der Waals surface area contributed by atoms with Crippen LogP contribution in [0, 0.1) is 0 Å². The molecule has 4 N–H and O–H groups in total. The fourth-order valence-corrected chi connectivity index (χ4v) is 0.614. The van der Waals surface area contributed by atoms with Crippen LogP contribution in [0.5, 0.6) is 0 Å². The smallest absolute Gasteiger partial charge is 0.147 e. The summed E-state index contributed by atoms with van der Waals surface area (Å²) in [6.07, 6.45) is 2.64. The van der Waals surface area contributed by atoms with Gasteiger partial charge in [0.05, 0.1) is 5.70 Å². The van der Waals surface area contributed by atoms with E-state index >= 15 is 0 Å². The lowest BCUT2D eigenvalue weighted by molar-refractivity contribution is 1.08. The van der Waals surface area contributed by atoms with Crippen LogP contribution in [0.1, 0.15) is 27.2 Å². The number of aliphatic imine (C=N–C) groups is 1. The Balaban J connectivity index is 4.61. The first-order valence-corrected chi connectivity index (χ1v) is 4.48. The predicted octanol–water partition coefficient (Wildman–Crippen LogP) is 2.09. The molecule has 0 rings (SSSR count). The zero-order valence-corrected chi connectivity index (χ0v) is 9.02. The molecule has 0 amide bonds. The Bertz CT molecular complexity index is 260. The van der Waals surface area contributed by atoms with Crippen molar-refractivity contribution in [2.24, 2.45) is 16.5 Å². The molecule has 3 nitrogen and oxygen atoms in total. The summed E-state index contributed by atoms with van der Waals surface area (Å²) in [6, 6.07) is 0. The first kappa shape index (κ1) is 12.0. The molecule has 0 radical (unpaired) electrons. The first-order valence-electron chi connectivity index (χ1n) is 4.10. The van der Waals surface area contributed by atoms with Crippen molar-refractivity contribution in [3.05, 3.63) is 22.5 Å². The zero-order valence-electron chi connectivity index (χ0n) is 8.26. The van der Waals surface area contributed by atoms with E-state index < -0.39 is 0 Å².